The lowest BCUT2D eigenvalue weighted by Gasteiger charge is -2.08. The van der Waals surface area contributed by atoms with Crippen LogP contribution in [0, 0.1) is 0 Å². The van der Waals surface area contributed by atoms with Crippen molar-refractivity contribution < 1.29 is 23.9 Å². The highest BCUT2D eigenvalue weighted by molar-refractivity contribution is 7.15. The largest absolute Gasteiger partial charge is 0.465 e. The quantitative estimate of drug-likeness (QED) is 0.114. The second-order valence-corrected chi connectivity index (χ2v) is 11.9. The normalized spacial score (nSPS) is 10.7. The molecule has 0 unspecified atom stereocenters. The Bertz CT molecular complexity index is 2100. The molecule has 5 heterocycles. The maximum absolute atomic E-state index is 12.2. The Morgan fingerprint density at radius 3 is 2.16 bits per heavy atom. The molecule has 0 radical (unpaired) electrons. The van der Waals surface area contributed by atoms with Gasteiger partial charge in [-0.15, -0.1) is 11.3 Å². The molecule has 6 rings (SSSR count). The molecule has 0 saturated heterocycles. The number of halogens is 2. The zero-order valence-electron chi connectivity index (χ0n) is 26.7. The first kappa shape index (κ1) is 35.8. The van der Waals surface area contributed by atoms with Crippen LogP contribution in [0.5, 0.6) is 0 Å². The number of carbonyl (C=O) groups excluding carboxylic acids is 3. The molecule has 0 atom stereocenters. The van der Waals surface area contributed by atoms with E-state index in [9.17, 15) is 14.4 Å². The highest BCUT2D eigenvalue weighted by Crippen LogP contribution is 2.22. The van der Waals surface area contributed by atoms with Crippen molar-refractivity contribution >= 4 is 91.2 Å². The number of hydrogen-bond donors (Lipinski definition) is 3. The number of esters is 2. The lowest BCUT2D eigenvalue weighted by Crippen LogP contribution is -2.19. The highest BCUT2D eigenvalue weighted by atomic mass is 35.5. The van der Waals surface area contributed by atoms with Crippen molar-refractivity contribution in [1.29, 1.82) is 0 Å². The summed E-state index contributed by atoms with van der Waals surface area (Å²) in [5.74, 6) is -0.186. The fourth-order valence-electron chi connectivity index (χ4n) is 4.45. The number of fused-ring (bicyclic) bond motifs is 2. The van der Waals surface area contributed by atoms with Crippen LogP contribution in [0.4, 0.5) is 21.4 Å². The summed E-state index contributed by atoms with van der Waals surface area (Å²) in [4.78, 5) is 56.9. The van der Waals surface area contributed by atoms with Gasteiger partial charge in [0.05, 0.1) is 25.6 Å². The lowest BCUT2D eigenvalue weighted by atomic mass is 10.3. The van der Waals surface area contributed by atoms with Gasteiger partial charge in [-0.25, -0.2) is 39.1 Å². The molecule has 6 aromatic rings. The first-order valence-corrected chi connectivity index (χ1v) is 16.6. The topological polar surface area (TPSA) is 206 Å². The van der Waals surface area contributed by atoms with Crippen LogP contribution in [0.25, 0.3) is 22.1 Å². The van der Waals surface area contributed by atoms with Gasteiger partial charge in [-0.1, -0.05) is 29.3 Å². The van der Waals surface area contributed by atoms with Gasteiger partial charge in [0.25, 0.3) is 0 Å². The SMILES string of the molecule is CCOC(=O)Cn1ncc2ncnc(Cl)c21.CCOC(=O)Cn1ncc2ncnc(NCCc3cnc(NC(=O)Nc4cccc(Cl)c4)s3)c21. The highest BCUT2D eigenvalue weighted by Gasteiger charge is 2.15. The molecule has 0 spiro atoms. The van der Waals surface area contributed by atoms with Crippen LogP contribution < -0.4 is 16.0 Å². The van der Waals surface area contributed by atoms with E-state index in [-0.39, 0.29) is 30.2 Å². The summed E-state index contributed by atoms with van der Waals surface area (Å²) < 4.78 is 12.8. The van der Waals surface area contributed by atoms with Crippen LogP contribution in [0.15, 0.2) is 55.5 Å². The number of carbonyl (C=O) groups is 3. The van der Waals surface area contributed by atoms with E-state index in [0.29, 0.717) is 69.9 Å². The Labute approximate surface area is 298 Å². The molecular weight excluding hydrogens is 711 g/mol. The van der Waals surface area contributed by atoms with E-state index in [1.807, 2.05) is 0 Å². The predicted molar refractivity (Wildman–Crippen MR) is 187 cm³/mol. The molecule has 5 aromatic heterocycles. The Morgan fingerprint density at radius 2 is 1.48 bits per heavy atom. The zero-order valence-corrected chi connectivity index (χ0v) is 29.0. The minimum Gasteiger partial charge on any atom is -0.465 e. The summed E-state index contributed by atoms with van der Waals surface area (Å²) >= 11 is 13.2. The van der Waals surface area contributed by atoms with Crippen LogP contribution in [0.1, 0.15) is 18.7 Å². The fraction of sp³-hybridized carbons (Fsp3) is 0.267. The third kappa shape index (κ3) is 9.58. The van der Waals surface area contributed by atoms with E-state index >= 15 is 0 Å². The van der Waals surface area contributed by atoms with Gasteiger partial charge in [0.15, 0.2) is 16.1 Å². The molecule has 0 aliphatic carbocycles. The van der Waals surface area contributed by atoms with Crippen molar-refractivity contribution in [3.05, 3.63) is 70.6 Å². The van der Waals surface area contributed by atoms with Crippen LogP contribution >= 0.6 is 34.5 Å². The van der Waals surface area contributed by atoms with Gasteiger partial charge in [0.2, 0.25) is 0 Å². The van der Waals surface area contributed by atoms with E-state index in [4.69, 9.17) is 32.7 Å². The van der Waals surface area contributed by atoms with Gasteiger partial charge in [0.1, 0.15) is 47.8 Å². The van der Waals surface area contributed by atoms with Crippen LogP contribution in [-0.4, -0.2) is 82.2 Å². The molecular formula is C30H30Cl2N12O5S. The molecule has 2 amide bonds. The fourth-order valence-corrected chi connectivity index (χ4v) is 5.68. The molecule has 17 nitrogen and oxygen atoms in total. The van der Waals surface area contributed by atoms with E-state index in [0.717, 1.165) is 4.88 Å². The predicted octanol–water partition coefficient (Wildman–Crippen LogP) is 4.84. The smallest absolute Gasteiger partial charge is 0.327 e. The van der Waals surface area contributed by atoms with E-state index in [1.165, 1.54) is 39.6 Å². The second-order valence-electron chi connectivity index (χ2n) is 9.97. The number of urea groups is 1. The van der Waals surface area contributed by atoms with E-state index in [1.54, 1.807) is 50.5 Å². The summed E-state index contributed by atoms with van der Waals surface area (Å²) in [6.07, 6.45) is 8.25. The standard InChI is InChI=1S/C21H21ClN8O3S.C9H9ClN4O2/c1-2-33-17(31)11-30-18-16(10-27-30)25-12-26-19(18)23-7-6-15-9-24-21(34-15)29-20(32)28-14-5-3-4-13(22)8-14;1-2-16-7(15)4-14-8-6(3-13-14)11-5-12-9(8)10/h3-5,8-10,12H,2,6-7,11H2,1H3,(H,23,25,26)(H2,24,28,29,32);3,5H,2,4H2,1H3. The number of aromatic nitrogens is 9. The second kappa shape index (κ2) is 17.3. The van der Waals surface area contributed by atoms with Gasteiger partial charge in [-0.3, -0.25) is 14.9 Å². The Morgan fingerprint density at radius 1 is 0.820 bits per heavy atom. The minimum absolute atomic E-state index is 0.00440. The van der Waals surface area contributed by atoms with Crippen molar-refractivity contribution in [1.82, 2.24) is 44.5 Å². The van der Waals surface area contributed by atoms with Crippen LogP contribution in [0.3, 0.4) is 0 Å². The minimum atomic E-state index is -0.403. The Balaban J connectivity index is 0.000000253. The number of hydrogen-bond acceptors (Lipinski definition) is 14. The summed E-state index contributed by atoms with van der Waals surface area (Å²) in [6.45, 7) is 4.66. The third-order valence-electron chi connectivity index (χ3n) is 6.50. The van der Waals surface area contributed by atoms with Gasteiger partial charge in [0, 0.05) is 34.7 Å². The summed E-state index contributed by atoms with van der Waals surface area (Å²) in [5.41, 5.74) is 2.97. The van der Waals surface area contributed by atoms with Crippen LogP contribution in [-0.2, 0) is 38.6 Å². The van der Waals surface area contributed by atoms with Crippen molar-refractivity contribution in [3.8, 4) is 0 Å². The number of nitrogens with zero attached hydrogens (tertiary/aromatic N) is 9. The van der Waals surface area contributed by atoms with Crippen molar-refractivity contribution in [2.75, 3.05) is 35.7 Å². The van der Waals surface area contributed by atoms with E-state index in [2.05, 4.69) is 51.1 Å². The van der Waals surface area contributed by atoms with Crippen molar-refractivity contribution in [2.24, 2.45) is 0 Å². The average Bonchev–Trinajstić information content (AvgIpc) is 3.81. The first-order chi connectivity index (χ1) is 24.2. The van der Waals surface area contributed by atoms with Crippen molar-refractivity contribution in [2.45, 2.75) is 33.4 Å². The molecule has 0 fully saturated rings. The number of ether oxygens (including phenoxy) is 2. The van der Waals surface area contributed by atoms with Gasteiger partial charge in [-0.2, -0.15) is 10.2 Å². The lowest BCUT2D eigenvalue weighted by molar-refractivity contribution is -0.144. The number of nitrogens with one attached hydrogen (secondary N) is 3. The molecule has 1 aromatic carbocycles. The van der Waals surface area contributed by atoms with E-state index < -0.39 is 6.03 Å². The Hall–Kier alpha value is -5.46. The summed E-state index contributed by atoms with van der Waals surface area (Å²) in [6, 6.07) is 6.48. The Kier molecular flexibility index (Phi) is 12.4. The molecule has 3 N–H and O–H groups in total. The zero-order chi connectivity index (χ0) is 35.5. The number of benzene rings is 1. The van der Waals surface area contributed by atoms with Gasteiger partial charge in [-0.05, 0) is 32.0 Å². The molecule has 20 heteroatoms. The monoisotopic (exact) mass is 740 g/mol. The summed E-state index contributed by atoms with van der Waals surface area (Å²) in [5, 5.41) is 18.2. The number of rotatable bonds is 12. The number of anilines is 3. The van der Waals surface area contributed by atoms with Crippen LogP contribution in [0.2, 0.25) is 10.2 Å². The third-order valence-corrected chi connectivity index (χ3v) is 7.98. The molecule has 0 saturated carbocycles. The van der Waals surface area contributed by atoms with Crippen molar-refractivity contribution in [3.63, 3.8) is 0 Å². The molecule has 0 aliphatic rings. The number of amides is 2. The molecule has 0 aliphatic heterocycles. The number of thiazole rings is 1. The molecule has 50 heavy (non-hydrogen) atoms. The maximum atomic E-state index is 12.2. The van der Waals surface area contributed by atoms with Gasteiger partial charge >= 0.3 is 18.0 Å². The first-order valence-electron chi connectivity index (χ1n) is 15.1. The molecule has 260 valence electrons. The average molecular weight is 742 g/mol. The van der Waals surface area contributed by atoms with Gasteiger partial charge < -0.3 is 20.1 Å². The summed E-state index contributed by atoms with van der Waals surface area (Å²) in [7, 11) is 0. The maximum Gasteiger partial charge on any atom is 0.327 e. The molecule has 0 bridgehead atoms.